The molecule has 1 saturated carbocycles. The first-order chi connectivity index (χ1) is 8.68. The van der Waals surface area contributed by atoms with E-state index in [1.54, 1.807) is 0 Å². The molecular weight excluding hydrogens is 222 g/mol. The lowest BCUT2D eigenvalue weighted by Gasteiger charge is -2.10. The fraction of sp³-hybridized carbons (Fsp3) is 0.467. The molecule has 0 aliphatic heterocycles. The van der Waals surface area contributed by atoms with Crippen molar-refractivity contribution in [2.75, 3.05) is 13.1 Å². The second-order valence-electron chi connectivity index (χ2n) is 5.56. The summed E-state index contributed by atoms with van der Waals surface area (Å²) < 4.78 is 0. The molecule has 0 bridgehead atoms. The van der Waals surface area contributed by atoms with Crippen molar-refractivity contribution < 1.29 is 0 Å². The Hall–Kier alpha value is -1.32. The minimum Gasteiger partial charge on any atom is -0.358 e. The summed E-state index contributed by atoms with van der Waals surface area (Å²) in [7, 11) is 0. The summed E-state index contributed by atoms with van der Waals surface area (Å²) in [5.41, 5.74) is 10.1. The second-order valence-corrected chi connectivity index (χ2v) is 5.56. The highest BCUT2D eigenvalue weighted by atomic mass is 15.0. The second kappa shape index (κ2) is 4.41. The molecule has 1 fully saturated rings. The van der Waals surface area contributed by atoms with E-state index in [0.29, 0.717) is 0 Å². The van der Waals surface area contributed by atoms with E-state index in [-0.39, 0.29) is 5.54 Å². The first-order valence-corrected chi connectivity index (χ1v) is 6.74. The zero-order valence-corrected chi connectivity index (χ0v) is 10.9. The Bertz CT molecular complexity index is 552. The van der Waals surface area contributed by atoms with E-state index < -0.39 is 0 Å². The van der Waals surface area contributed by atoms with Crippen LogP contribution in [0.4, 0.5) is 0 Å². The number of H-pyrrole nitrogens is 1. The molecular formula is C15H21N3. The number of aromatic amines is 1. The smallest absolute Gasteiger partial charge is 0.0458 e. The average Bonchev–Trinajstić information content (AvgIpc) is 3.00. The number of fused-ring (bicyclic) bond motifs is 1. The van der Waals surface area contributed by atoms with E-state index >= 15 is 0 Å². The van der Waals surface area contributed by atoms with Crippen LogP contribution < -0.4 is 11.1 Å². The van der Waals surface area contributed by atoms with E-state index in [1.165, 1.54) is 35.0 Å². The minimum atomic E-state index is 0.106. The highest BCUT2D eigenvalue weighted by Crippen LogP contribution is 2.31. The molecule has 1 aliphatic rings. The topological polar surface area (TPSA) is 53.8 Å². The van der Waals surface area contributed by atoms with Crippen molar-refractivity contribution in [3.8, 4) is 0 Å². The van der Waals surface area contributed by atoms with Crippen molar-refractivity contribution in [1.82, 2.24) is 10.3 Å². The third-order valence-electron chi connectivity index (χ3n) is 3.95. The number of para-hydroxylation sites is 1. The minimum absolute atomic E-state index is 0.106. The highest BCUT2D eigenvalue weighted by molar-refractivity contribution is 5.84. The molecule has 0 unspecified atom stereocenters. The Morgan fingerprint density at radius 1 is 1.33 bits per heavy atom. The largest absolute Gasteiger partial charge is 0.358 e. The van der Waals surface area contributed by atoms with Crippen LogP contribution in [0.2, 0.25) is 0 Å². The van der Waals surface area contributed by atoms with Gasteiger partial charge in [-0.05, 0) is 44.4 Å². The summed E-state index contributed by atoms with van der Waals surface area (Å²) in [4.78, 5) is 3.44. The Morgan fingerprint density at radius 3 is 2.89 bits per heavy atom. The molecule has 2 aromatic rings. The molecule has 18 heavy (non-hydrogen) atoms. The number of hydrogen-bond acceptors (Lipinski definition) is 2. The number of hydrogen-bond donors (Lipinski definition) is 3. The third-order valence-corrected chi connectivity index (χ3v) is 3.95. The molecule has 1 aliphatic carbocycles. The monoisotopic (exact) mass is 243 g/mol. The first kappa shape index (κ1) is 11.8. The van der Waals surface area contributed by atoms with Gasteiger partial charge in [-0.15, -0.1) is 0 Å². The molecule has 0 amide bonds. The van der Waals surface area contributed by atoms with Crippen molar-refractivity contribution in [2.45, 2.75) is 31.7 Å². The summed E-state index contributed by atoms with van der Waals surface area (Å²) in [5.74, 6) is 0. The van der Waals surface area contributed by atoms with Crippen LogP contribution in [0.3, 0.4) is 0 Å². The number of aryl methyl sites for hydroxylation is 1. The van der Waals surface area contributed by atoms with E-state index in [2.05, 4.69) is 41.5 Å². The molecule has 4 N–H and O–H groups in total. The molecule has 1 heterocycles. The Morgan fingerprint density at radius 2 is 2.11 bits per heavy atom. The van der Waals surface area contributed by atoms with Gasteiger partial charge >= 0.3 is 0 Å². The van der Waals surface area contributed by atoms with Gasteiger partial charge in [0, 0.05) is 28.7 Å². The number of nitrogens with one attached hydrogen (secondary N) is 2. The summed E-state index contributed by atoms with van der Waals surface area (Å²) in [6.45, 7) is 4.11. The number of aromatic nitrogens is 1. The van der Waals surface area contributed by atoms with Crippen LogP contribution in [-0.4, -0.2) is 23.6 Å². The number of nitrogens with two attached hydrogens (primary N) is 1. The average molecular weight is 243 g/mol. The van der Waals surface area contributed by atoms with Gasteiger partial charge in [0.2, 0.25) is 0 Å². The number of benzene rings is 1. The maximum atomic E-state index is 6.06. The van der Waals surface area contributed by atoms with Gasteiger partial charge in [0.1, 0.15) is 0 Å². The van der Waals surface area contributed by atoms with Crippen molar-refractivity contribution in [3.63, 3.8) is 0 Å². The quantitative estimate of drug-likeness (QED) is 0.704. The molecule has 3 rings (SSSR count). The van der Waals surface area contributed by atoms with Gasteiger partial charge in [-0.3, -0.25) is 0 Å². The molecule has 3 nitrogen and oxygen atoms in total. The van der Waals surface area contributed by atoms with Gasteiger partial charge in [-0.2, -0.15) is 0 Å². The predicted octanol–water partition coefficient (Wildman–Crippen LogP) is 2.10. The lowest BCUT2D eigenvalue weighted by Crippen LogP contribution is -2.36. The summed E-state index contributed by atoms with van der Waals surface area (Å²) >= 11 is 0. The van der Waals surface area contributed by atoms with Crippen LogP contribution in [0.5, 0.6) is 0 Å². The van der Waals surface area contributed by atoms with Gasteiger partial charge < -0.3 is 16.0 Å². The Labute approximate surface area is 108 Å². The van der Waals surface area contributed by atoms with Gasteiger partial charge in [-0.25, -0.2) is 0 Å². The summed E-state index contributed by atoms with van der Waals surface area (Å²) in [6, 6.07) is 8.51. The summed E-state index contributed by atoms with van der Waals surface area (Å²) in [5, 5.41) is 4.83. The SMILES string of the molecule is Cc1[nH]c2ccccc2c1CCNCC1(N)CC1. The Balaban J connectivity index is 1.64. The fourth-order valence-corrected chi connectivity index (χ4v) is 2.54. The maximum Gasteiger partial charge on any atom is 0.0458 e. The van der Waals surface area contributed by atoms with Crippen molar-refractivity contribution >= 4 is 10.9 Å². The molecule has 1 aromatic carbocycles. The van der Waals surface area contributed by atoms with Crippen LogP contribution in [0.1, 0.15) is 24.1 Å². The molecule has 0 radical (unpaired) electrons. The molecule has 0 atom stereocenters. The van der Waals surface area contributed by atoms with E-state index in [1.807, 2.05) is 0 Å². The van der Waals surface area contributed by atoms with Crippen LogP contribution in [0.15, 0.2) is 24.3 Å². The van der Waals surface area contributed by atoms with Crippen LogP contribution in [0.25, 0.3) is 10.9 Å². The number of rotatable bonds is 5. The zero-order valence-electron chi connectivity index (χ0n) is 10.9. The predicted molar refractivity (Wildman–Crippen MR) is 75.8 cm³/mol. The van der Waals surface area contributed by atoms with Gasteiger partial charge in [0.05, 0.1) is 0 Å². The molecule has 96 valence electrons. The molecule has 1 aromatic heterocycles. The third kappa shape index (κ3) is 2.28. The van der Waals surface area contributed by atoms with E-state index in [9.17, 15) is 0 Å². The van der Waals surface area contributed by atoms with E-state index in [4.69, 9.17) is 5.73 Å². The van der Waals surface area contributed by atoms with E-state index in [0.717, 1.165) is 19.5 Å². The lowest BCUT2D eigenvalue weighted by atomic mass is 10.1. The zero-order chi connectivity index (χ0) is 12.6. The first-order valence-electron chi connectivity index (χ1n) is 6.74. The standard InChI is InChI=1S/C15H21N3/c1-11-12(6-9-17-10-15(16)7-8-15)13-4-2-3-5-14(13)18-11/h2-5,17-18H,6-10,16H2,1H3. The van der Waals surface area contributed by atoms with Crippen LogP contribution in [0, 0.1) is 6.92 Å². The normalized spacial score (nSPS) is 17.2. The lowest BCUT2D eigenvalue weighted by molar-refractivity contribution is 0.571. The Kier molecular flexibility index (Phi) is 2.88. The van der Waals surface area contributed by atoms with Gasteiger partial charge in [-0.1, -0.05) is 18.2 Å². The fourth-order valence-electron chi connectivity index (χ4n) is 2.54. The highest BCUT2D eigenvalue weighted by Gasteiger charge is 2.37. The van der Waals surface area contributed by atoms with Crippen molar-refractivity contribution in [2.24, 2.45) is 5.73 Å². The maximum absolute atomic E-state index is 6.06. The molecule has 0 saturated heterocycles. The summed E-state index contributed by atoms with van der Waals surface area (Å²) in [6.07, 6.45) is 3.41. The molecule has 0 spiro atoms. The van der Waals surface area contributed by atoms with Crippen molar-refractivity contribution in [1.29, 1.82) is 0 Å². The van der Waals surface area contributed by atoms with Gasteiger partial charge in [0.25, 0.3) is 0 Å². The van der Waals surface area contributed by atoms with Crippen LogP contribution >= 0.6 is 0 Å². The van der Waals surface area contributed by atoms with Crippen molar-refractivity contribution in [3.05, 3.63) is 35.5 Å². The molecule has 3 heteroatoms. The van der Waals surface area contributed by atoms with Gasteiger partial charge in [0.15, 0.2) is 0 Å². The van der Waals surface area contributed by atoms with Crippen LogP contribution in [-0.2, 0) is 6.42 Å².